The molecule has 2 rings (SSSR count). The van der Waals surface area contributed by atoms with Crippen LogP contribution in [0.3, 0.4) is 0 Å². The number of hydrogen-bond donors (Lipinski definition) is 0. The lowest BCUT2D eigenvalue weighted by Gasteiger charge is -2.07. The van der Waals surface area contributed by atoms with Crippen LogP contribution in [-0.4, -0.2) is 7.11 Å². The molecule has 3 heteroatoms. The minimum atomic E-state index is -0.0548. The topological polar surface area (TPSA) is 22.4 Å². The van der Waals surface area contributed by atoms with E-state index in [0.29, 0.717) is 0 Å². The Hall–Kier alpha value is -1.41. The van der Waals surface area contributed by atoms with E-state index in [9.17, 15) is 0 Å². The minimum Gasteiger partial charge on any atom is -0.497 e. The molecule has 0 saturated heterocycles. The van der Waals surface area contributed by atoms with Gasteiger partial charge in [0.05, 0.1) is 18.8 Å². The molecule has 0 aliphatic heterocycles. The average Bonchev–Trinajstić information content (AvgIpc) is 2.77. The standard InChI is InChI=1S/C14H15ClO2/c1-10-7-12(9-17-10)14(15)8-11-3-5-13(16-2)6-4-11/h3-7,9,14H,8H2,1-2H3. The predicted octanol–water partition coefficient (Wildman–Crippen LogP) is 4.12. The zero-order valence-electron chi connectivity index (χ0n) is 9.94. The number of furan rings is 1. The maximum atomic E-state index is 6.34. The third-order valence-electron chi connectivity index (χ3n) is 2.69. The maximum absolute atomic E-state index is 6.34. The zero-order valence-corrected chi connectivity index (χ0v) is 10.7. The third kappa shape index (κ3) is 3.04. The van der Waals surface area contributed by atoms with Crippen molar-refractivity contribution in [3.05, 3.63) is 53.5 Å². The van der Waals surface area contributed by atoms with Gasteiger partial charge in [0, 0.05) is 5.56 Å². The van der Waals surface area contributed by atoms with Gasteiger partial charge in [0.1, 0.15) is 11.5 Å². The Morgan fingerprint density at radius 1 is 1.29 bits per heavy atom. The molecule has 0 aliphatic carbocycles. The fourth-order valence-electron chi connectivity index (χ4n) is 1.71. The van der Waals surface area contributed by atoms with Crippen molar-refractivity contribution in [3.8, 4) is 5.75 Å². The van der Waals surface area contributed by atoms with Gasteiger partial charge < -0.3 is 9.15 Å². The Kier molecular flexibility index (Phi) is 3.75. The van der Waals surface area contributed by atoms with Crippen LogP contribution >= 0.6 is 11.6 Å². The second kappa shape index (κ2) is 5.28. The van der Waals surface area contributed by atoms with Gasteiger partial charge in [0.25, 0.3) is 0 Å². The second-order valence-electron chi connectivity index (χ2n) is 4.01. The summed E-state index contributed by atoms with van der Waals surface area (Å²) in [5.41, 5.74) is 2.21. The molecular weight excluding hydrogens is 236 g/mol. The van der Waals surface area contributed by atoms with Gasteiger partial charge in [-0.15, -0.1) is 11.6 Å². The normalized spacial score (nSPS) is 12.4. The number of rotatable bonds is 4. The van der Waals surface area contributed by atoms with Gasteiger partial charge in [-0.2, -0.15) is 0 Å². The molecule has 1 unspecified atom stereocenters. The number of alkyl halides is 1. The van der Waals surface area contributed by atoms with Crippen LogP contribution < -0.4 is 4.74 Å². The third-order valence-corrected chi connectivity index (χ3v) is 3.09. The SMILES string of the molecule is COc1ccc(CC(Cl)c2coc(C)c2)cc1. The molecular formula is C14H15ClO2. The lowest BCUT2D eigenvalue weighted by Crippen LogP contribution is -1.94. The smallest absolute Gasteiger partial charge is 0.118 e. The van der Waals surface area contributed by atoms with Crippen LogP contribution in [0, 0.1) is 6.92 Å². The van der Waals surface area contributed by atoms with E-state index >= 15 is 0 Å². The van der Waals surface area contributed by atoms with Crippen LogP contribution in [0.15, 0.2) is 41.0 Å². The van der Waals surface area contributed by atoms with Gasteiger partial charge in [-0.3, -0.25) is 0 Å². The molecule has 0 fully saturated rings. The summed E-state index contributed by atoms with van der Waals surface area (Å²) in [6.07, 6.45) is 2.50. The molecule has 2 aromatic rings. The molecule has 0 N–H and O–H groups in total. The first kappa shape index (κ1) is 12.1. The summed E-state index contributed by atoms with van der Waals surface area (Å²) in [7, 11) is 1.66. The van der Waals surface area contributed by atoms with Crippen LogP contribution in [0.25, 0.3) is 0 Å². The minimum absolute atomic E-state index is 0.0548. The Balaban J connectivity index is 2.04. The molecule has 1 aromatic heterocycles. The van der Waals surface area contributed by atoms with E-state index in [-0.39, 0.29) is 5.38 Å². The number of benzene rings is 1. The number of halogens is 1. The molecule has 0 aliphatic rings. The van der Waals surface area contributed by atoms with Gasteiger partial charge in [-0.1, -0.05) is 12.1 Å². The largest absolute Gasteiger partial charge is 0.497 e. The summed E-state index contributed by atoms with van der Waals surface area (Å²) in [6, 6.07) is 9.92. The van der Waals surface area contributed by atoms with Crippen LogP contribution in [0.4, 0.5) is 0 Å². The number of hydrogen-bond acceptors (Lipinski definition) is 2. The van der Waals surface area contributed by atoms with Crippen molar-refractivity contribution in [3.63, 3.8) is 0 Å². The lowest BCUT2D eigenvalue weighted by atomic mass is 10.1. The predicted molar refractivity (Wildman–Crippen MR) is 68.7 cm³/mol. The molecule has 0 amide bonds. The molecule has 0 spiro atoms. The number of methoxy groups -OCH3 is 1. The fraction of sp³-hybridized carbons (Fsp3) is 0.286. The second-order valence-corrected chi connectivity index (χ2v) is 4.54. The highest BCUT2D eigenvalue weighted by atomic mass is 35.5. The number of ether oxygens (including phenoxy) is 1. The Morgan fingerprint density at radius 3 is 2.53 bits per heavy atom. The molecule has 17 heavy (non-hydrogen) atoms. The van der Waals surface area contributed by atoms with E-state index in [0.717, 1.165) is 23.5 Å². The summed E-state index contributed by atoms with van der Waals surface area (Å²) in [4.78, 5) is 0. The van der Waals surface area contributed by atoms with E-state index in [1.165, 1.54) is 5.56 Å². The first-order chi connectivity index (χ1) is 8.19. The summed E-state index contributed by atoms with van der Waals surface area (Å²) < 4.78 is 10.4. The highest BCUT2D eigenvalue weighted by molar-refractivity contribution is 6.20. The van der Waals surface area contributed by atoms with Crippen molar-refractivity contribution in [1.29, 1.82) is 0 Å². The fourth-order valence-corrected chi connectivity index (χ4v) is 2.01. The van der Waals surface area contributed by atoms with Crippen molar-refractivity contribution < 1.29 is 9.15 Å². The van der Waals surface area contributed by atoms with Crippen molar-refractivity contribution in [2.45, 2.75) is 18.7 Å². The van der Waals surface area contributed by atoms with Gasteiger partial charge in [-0.25, -0.2) is 0 Å². The van der Waals surface area contributed by atoms with Gasteiger partial charge in [0.2, 0.25) is 0 Å². The Bertz CT molecular complexity index is 473. The molecule has 1 heterocycles. The molecule has 1 atom stereocenters. The monoisotopic (exact) mass is 250 g/mol. The molecule has 0 radical (unpaired) electrons. The van der Waals surface area contributed by atoms with Gasteiger partial charge in [0.15, 0.2) is 0 Å². The van der Waals surface area contributed by atoms with E-state index in [1.54, 1.807) is 13.4 Å². The first-order valence-corrected chi connectivity index (χ1v) is 5.94. The molecule has 90 valence electrons. The van der Waals surface area contributed by atoms with Gasteiger partial charge >= 0.3 is 0 Å². The molecule has 0 bridgehead atoms. The van der Waals surface area contributed by atoms with Crippen molar-refractivity contribution in [2.75, 3.05) is 7.11 Å². The first-order valence-electron chi connectivity index (χ1n) is 5.51. The van der Waals surface area contributed by atoms with Crippen LogP contribution in [0.1, 0.15) is 22.3 Å². The highest BCUT2D eigenvalue weighted by Gasteiger charge is 2.11. The summed E-state index contributed by atoms with van der Waals surface area (Å²) in [5, 5.41) is -0.0548. The van der Waals surface area contributed by atoms with Crippen molar-refractivity contribution >= 4 is 11.6 Å². The van der Waals surface area contributed by atoms with E-state index in [4.69, 9.17) is 20.8 Å². The van der Waals surface area contributed by atoms with E-state index in [2.05, 4.69) is 0 Å². The summed E-state index contributed by atoms with van der Waals surface area (Å²) in [6.45, 7) is 1.92. The lowest BCUT2D eigenvalue weighted by molar-refractivity contribution is 0.414. The highest BCUT2D eigenvalue weighted by Crippen LogP contribution is 2.27. The average molecular weight is 251 g/mol. The van der Waals surface area contributed by atoms with Gasteiger partial charge in [-0.05, 0) is 37.1 Å². The van der Waals surface area contributed by atoms with Crippen LogP contribution in [0.2, 0.25) is 0 Å². The van der Waals surface area contributed by atoms with E-state index in [1.807, 2.05) is 37.3 Å². The quantitative estimate of drug-likeness (QED) is 0.762. The number of aryl methyl sites for hydroxylation is 1. The molecule has 2 nitrogen and oxygen atoms in total. The zero-order chi connectivity index (χ0) is 12.3. The summed E-state index contributed by atoms with van der Waals surface area (Å²) >= 11 is 6.34. The van der Waals surface area contributed by atoms with E-state index < -0.39 is 0 Å². The molecule has 1 aromatic carbocycles. The van der Waals surface area contributed by atoms with Crippen LogP contribution in [-0.2, 0) is 6.42 Å². The Morgan fingerprint density at radius 2 is 2.00 bits per heavy atom. The van der Waals surface area contributed by atoms with Crippen molar-refractivity contribution in [2.24, 2.45) is 0 Å². The van der Waals surface area contributed by atoms with Crippen molar-refractivity contribution in [1.82, 2.24) is 0 Å². The molecule has 0 saturated carbocycles. The Labute approximate surface area is 106 Å². The summed E-state index contributed by atoms with van der Waals surface area (Å²) in [5.74, 6) is 1.75. The maximum Gasteiger partial charge on any atom is 0.118 e. The van der Waals surface area contributed by atoms with Crippen LogP contribution in [0.5, 0.6) is 5.75 Å².